The van der Waals surface area contributed by atoms with Gasteiger partial charge in [-0.3, -0.25) is 4.79 Å². The summed E-state index contributed by atoms with van der Waals surface area (Å²) in [7, 11) is 1.62. The molecule has 0 aliphatic carbocycles. The highest BCUT2D eigenvalue weighted by atomic mass is 16.5. The fourth-order valence-electron chi connectivity index (χ4n) is 1.99. The zero-order valence-corrected chi connectivity index (χ0v) is 12.9. The molecule has 0 bridgehead atoms. The van der Waals surface area contributed by atoms with Crippen LogP contribution in [0.1, 0.15) is 40.0 Å². The molecule has 112 valence electrons. The number of carbonyl (C=O) groups excluding carboxylic acids is 1. The minimum Gasteiger partial charge on any atom is -0.497 e. The van der Waals surface area contributed by atoms with Gasteiger partial charge in [0.1, 0.15) is 11.4 Å². The maximum absolute atomic E-state index is 12.4. The average Bonchev–Trinajstić information content (AvgIpc) is 2.46. The summed E-state index contributed by atoms with van der Waals surface area (Å²) in [6, 6.07) is 7.28. The van der Waals surface area contributed by atoms with Crippen LogP contribution in [0.25, 0.3) is 0 Å². The number of hydrogen-bond acceptors (Lipinski definition) is 3. The summed E-state index contributed by atoms with van der Waals surface area (Å²) < 4.78 is 10.9. The number of benzene rings is 1. The Labute approximate surface area is 121 Å². The Kier molecular flexibility index (Phi) is 6.52. The zero-order valence-electron chi connectivity index (χ0n) is 12.9. The smallest absolute Gasteiger partial charge is 0.256 e. The van der Waals surface area contributed by atoms with Crippen LogP contribution in [0, 0.1) is 0 Å². The molecule has 4 nitrogen and oxygen atoms in total. The molecule has 0 heterocycles. The Hall–Kier alpha value is -1.55. The predicted octanol–water partition coefficient (Wildman–Crippen LogP) is 3.62. The molecule has 0 unspecified atom stereocenters. The van der Waals surface area contributed by atoms with E-state index >= 15 is 0 Å². The van der Waals surface area contributed by atoms with Crippen molar-refractivity contribution >= 4 is 11.6 Å². The summed E-state index contributed by atoms with van der Waals surface area (Å²) in [5, 5.41) is 2.91. The minimum absolute atomic E-state index is 0.0991. The standard InChI is InChI=1S/C16H25NO3/c1-5-11-16(3,20-12-6-2)15(18)17-13-7-9-14(19-4)10-8-13/h7-10H,5-6,11-12H2,1-4H3,(H,17,18)/t16-/m1/s1. The first-order valence-corrected chi connectivity index (χ1v) is 7.15. The van der Waals surface area contributed by atoms with Crippen molar-refractivity contribution in [3.63, 3.8) is 0 Å². The third-order valence-electron chi connectivity index (χ3n) is 3.18. The van der Waals surface area contributed by atoms with Crippen molar-refractivity contribution < 1.29 is 14.3 Å². The van der Waals surface area contributed by atoms with Gasteiger partial charge in [-0.05, 0) is 44.0 Å². The number of amides is 1. The van der Waals surface area contributed by atoms with Crippen LogP contribution in [-0.4, -0.2) is 25.2 Å². The van der Waals surface area contributed by atoms with Gasteiger partial charge in [-0.15, -0.1) is 0 Å². The minimum atomic E-state index is -0.773. The Balaban J connectivity index is 2.73. The van der Waals surface area contributed by atoms with E-state index in [0.717, 1.165) is 24.3 Å². The van der Waals surface area contributed by atoms with Crippen molar-refractivity contribution in [2.24, 2.45) is 0 Å². The number of methoxy groups -OCH3 is 1. The fraction of sp³-hybridized carbons (Fsp3) is 0.562. The molecule has 1 amide bonds. The second kappa shape index (κ2) is 7.90. The molecule has 0 spiro atoms. The highest BCUT2D eigenvalue weighted by Crippen LogP contribution is 2.22. The number of nitrogens with one attached hydrogen (secondary N) is 1. The van der Waals surface area contributed by atoms with Gasteiger partial charge in [-0.25, -0.2) is 0 Å². The maximum Gasteiger partial charge on any atom is 0.256 e. The molecular formula is C16H25NO3. The van der Waals surface area contributed by atoms with Gasteiger partial charge in [0.2, 0.25) is 0 Å². The van der Waals surface area contributed by atoms with E-state index in [2.05, 4.69) is 5.32 Å². The first-order valence-electron chi connectivity index (χ1n) is 7.15. The van der Waals surface area contributed by atoms with Gasteiger partial charge >= 0.3 is 0 Å². The molecule has 0 saturated heterocycles. The van der Waals surface area contributed by atoms with Crippen molar-refractivity contribution in [1.29, 1.82) is 0 Å². The third-order valence-corrected chi connectivity index (χ3v) is 3.18. The molecule has 0 aliphatic rings. The molecule has 20 heavy (non-hydrogen) atoms. The number of ether oxygens (including phenoxy) is 2. The second-order valence-electron chi connectivity index (χ2n) is 5.01. The quantitative estimate of drug-likeness (QED) is 0.790. The Bertz CT molecular complexity index is 416. The summed E-state index contributed by atoms with van der Waals surface area (Å²) in [4.78, 5) is 12.4. The van der Waals surface area contributed by atoms with Crippen LogP contribution in [0.4, 0.5) is 5.69 Å². The summed E-state index contributed by atoms with van der Waals surface area (Å²) in [6.45, 7) is 6.53. The highest BCUT2D eigenvalue weighted by Gasteiger charge is 2.33. The van der Waals surface area contributed by atoms with Gasteiger partial charge in [-0.1, -0.05) is 20.3 Å². The topological polar surface area (TPSA) is 47.6 Å². The fourth-order valence-corrected chi connectivity index (χ4v) is 1.99. The van der Waals surface area contributed by atoms with Crippen LogP contribution in [-0.2, 0) is 9.53 Å². The monoisotopic (exact) mass is 279 g/mol. The molecule has 1 atom stereocenters. The van der Waals surface area contributed by atoms with Crippen LogP contribution in [0.2, 0.25) is 0 Å². The Morgan fingerprint density at radius 2 is 1.85 bits per heavy atom. The van der Waals surface area contributed by atoms with Crippen LogP contribution in [0.3, 0.4) is 0 Å². The van der Waals surface area contributed by atoms with Gasteiger partial charge < -0.3 is 14.8 Å². The summed E-state index contributed by atoms with van der Waals surface area (Å²) in [6.07, 6.45) is 2.50. The lowest BCUT2D eigenvalue weighted by Gasteiger charge is -2.28. The molecule has 0 saturated carbocycles. The van der Waals surface area contributed by atoms with Gasteiger partial charge in [0.25, 0.3) is 5.91 Å². The molecule has 0 aliphatic heterocycles. The van der Waals surface area contributed by atoms with E-state index in [1.165, 1.54) is 0 Å². The molecular weight excluding hydrogens is 254 g/mol. The van der Waals surface area contributed by atoms with E-state index in [9.17, 15) is 4.79 Å². The number of hydrogen-bond donors (Lipinski definition) is 1. The molecule has 1 rings (SSSR count). The van der Waals surface area contributed by atoms with Gasteiger partial charge in [0.05, 0.1) is 7.11 Å². The molecule has 0 fully saturated rings. The number of carbonyl (C=O) groups is 1. The molecule has 1 N–H and O–H groups in total. The highest BCUT2D eigenvalue weighted by molar-refractivity contribution is 5.97. The lowest BCUT2D eigenvalue weighted by Crippen LogP contribution is -2.43. The Morgan fingerprint density at radius 3 is 2.35 bits per heavy atom. The zero-order chi connectivity index (χ0) is 15.0. The molecule has 1 aromatic rings. The van der Waals surface area contributed by atoms with Crippen LogP contribution in [0.15, 0.2) is 24.3 Å². The first kappa shape index (κ1) is 16.5. The van der Waals surface area contributed by atoms with Crippen molar-refractivity contribution in [1.82, 2.24) is 0 Å². The second-order valence-corrected chi connectivity index (χ2v) is 5.01. The van der Waals surface area contributed by atoms with E-state index in [0.29, 0.717) is 13.0 Å². The largest absolute Gasteiger partial charge is 0.497 e. The number of rotatable bonds is 8. The summed E-state index contributed by atoms with van der Waals surface area (Å²) >= 11 is 0. The first-order chi connectivity index (χ1) is 9.55. The summed E-state index contributed by atoms with van der Waals surface area (Å²) in [5.74, 6) is 0.666. The summed E-state index contributed by atoms with van der Waals surface area (Å²) in [5.41, 5.74) is -0.0248. The van der Waals surface area contributed by atoms with Crippen molar-refractivity contribution in [2.45, 2.75) is 45.6 Å². The van der Waals surface area contributed by atoms with Gasteiger partial charge in [0, 0.05) is 12.3 Å². The van der Waals surface area contributed by atoms with Crippen molar-refractivity contribution in [2.75, 3.05) is 19.0 Å². The van der Waals surface area contributed by atoms with Crippen molar-refractivity contribution in [3.05, 3.63) is 24.3 Å². The molecule has 0 radical (unpaired) electrons. The van der Waals surface area contributed by atoms with Crippen LogP contribution < -0.4 is 10.1 Å². The Morgan fingerprint density at radius 1 is 1.20 bits per heavy atom. The molecule has 1 aromatic carbocycles. The number of anilines is 1. The lowest BCUT2D eigenvalue weighted by atomic mass is 9.99. The predicted molar refractivity (Wildman–Crippen MR) is 81.2 cm³/mol. The van der Waals surface area contributed by atoms with E-state index in [4.69, 9.17) is 9.47 Å². The average molecular weight is 279 g/mol. The van der Waals surface area contributed by atoms with E-state index < -0.39 is 5.60 Å². The normalized spacial score (nSPS) is 13.6. The van der Waals surface area contributed by atoms with E-state index in [1.807, 2.05) is 45.0 Å². The van der Waals surface area contributed by atoms with Crippen LogP contribution >= 0.6 is 0 Å². The molecule has 4 heteroatoms. The van der Waals surface area contributed by atoms with Gasteiger partial charge in [0.15, 0.2) is 0 Å². The molecule has 0 aromatic heterocycles. The van der Waals surface area contributed by atoms with E-state index in [1.54, 1.807) is 7.11 Å². The third kappa shape index (κ3) is 4.53. The lowest BCUT2D eigenvalue weighted by molar-refractivity contribution is -0.140. The SMILES string of the molecule is CCCO[C@](C)(CCC)C(=O)Nc1ccc(OC)cc1. The van der Waals surface area contributed by atoms with E-state index in [-0.39, 0.29) is 5.91 Å². The van der Waals surface area contributed by atoms with Crippen LogP contribution in [0.5, 0.6) is 5.75 Å². The maximum atomic E-state index is 12.4. The van der Waals surface area contributed by atoms with Crippen molar-refractivity contribution in [3.8, 4) is 5.75 Å². The van der Waals surface area contributed by atoms with Gasteiger partial charge in [-0.2, -0.15) is 0 Å².